The molecule has 2 rings (SSSR count). The monoisotopic (exact) mass is 357 g/mol. The van der Waals surface area contributed by atoms with Gasteiger partial charge in [-0.05, 0) is 37.5 Å². The largest absolute Gasteiger partial charge is 0.494 e. The molecule has 1 N–H and O–H groups in total. The summed E-state index contributed by atoms with van der Waals surface area (Å²) >= 11 is 0. The average Bonchev–Trinajstić information content (AvgIpc) is 2.46. The summed E-state index contributed by atoms with van der Waals surface area (Å²) < 4.78 is 35.9. The van der Waals surface area contributed by atoms with Gasteiger partial charge in [0, 0.05) is 19.2 Å². The Labute approximate surface area is 142 Å². The highest BCUT2D eigenvalue weighted by molar-refractivity contribution is 7.88. The number of benzene rings is 1. The molecule has 1 aromatic rings. The Hall–Kier alpha value is -1.80. The molecule has 0 aromatic heterocycles. The smallest absolute Gasteiger partial charge is 0.307 e. The summed E-state index contributed by atoms with van der Waals surface area (Å²) in [7, 11) is -3.16. The number of hydrogen-bond acceptors (Lipinski definition) is 5. The van der Waals surface area contributed by atoms with Gasteiger partial charge in [-0.3, -0.25) is 4.79 Å². The maximum Gasteiger partial charge on any atom is 0.307 e. The Bertz CT molecular complexity index is 680. The van der Waals surface area contributed by atoms with Crippen molar-refractivity contribution in [3.8, 4) is 11.5 Å². The number of sulfonamides is 1. The molecule has 24 heavy (non-hydrogen) atoms. The quantitative estimate of drug-likeness (QED) is 0.795. The summed E-state index contributed by atoms with van der Waals surface area (Å²) in [5, 5.41) is 8.96. The fourth-order valence-corrected chi connectivity index (χ4v) is 3.57. The van der Waals surface area contributed by atoms with Crippen LogP contribution in [0.3, 0.4) is 0 Å². The fourth-order valence-electron chi connectivity index (χ4n) is 2.70. The number of piperidine rings is 1. The van der Waals surface area contributed by atoms with Gasteiger partial charge in [-0.15, -0.1) is 0 Å². The van der Waals surface area contributed by atoms with Crippen molar-refractivity contribution in [1.29, 1.82) is 0 Å². The standard InChI is InChI=1S/C16H23NO6S/c1-3-22-14-8-12(10-16(18)19)9-15(11-14)23-13-4-6-17(7-5-13)24(2,20)21/h8-9,11,13H,3-7,10H2,1-2H3,(H,18,19). The van der Waals surface area contributed by atoms with Crippen LogP contribution < -0.4 is 9.47 Å². The highest BCUT2D eigenvalue weighted by Gasteiger charge is 2.26. The second-order valence-electron chi connectivity index (χ2n) is 5.80. The fraction of sp³-hybridized carbons (Fsp3) is 0.562. The number of ether oxygens (including phenoxy) is 2. The van der Waals surface area contributed by atoms with Crippen LogP contribution in [-0.4, -0.2) is 55.9 Å². The molecule has 1 fully saturated rings. The average molecular weight is 357 g/mol. The van der Waals surface area contributed by atoms with E-state index >= 15 is 0 Å². The van der Waals surface area contributed by atoms with E-state index in [1.807, 2.05) is 6.92 Å². The maximum atomic E-state index is 11.5. The molecule has 0 amide bonds. The summed E-state index contributed by atoms with van der Waals surface area (Å²) in [5.41, 5.74) is 0.608. The van der Waals surface area contributed by atoms with E-state index in [1.54, 1.807) is 18.2 Å². The summed E-state index contributed by atoms with van der Waals surface area (Å²) in [6, 6.07) is 5.12. The Balaban J connectivity index is 2.06. The van der Waals surface area contributed by atoms with Crippen molar-refractivity contribution in [1.82, 2.24) is 4.31 Å². The number of hydrogen-bond donors (Lipinski definition) is 1. The molecule has 1 saturated heterocycles. The predicted molar refractivity (Wildman–Crippen MR) is 89.0 cm³/mol. The lowest BCUT2D eigenvalue weighted by Gasteiger charge is -2.30. The van der Waals surface area contributed by atoms with Crippen molar-refractivity contribution in [2.45, 2.75) is 32.3 Å². The maximum absolute atomic E-state index is 11.5. The third-order valence-corrected chi connectivity index (χ3v) is 5.08. The first-order valence-corrected chi connectivity index (χ1v) is 9.73. The van der Waals surface area contributed by atoms with Crippen molar-refractivity contribution < 1.29 is 27.8 Å². The Morgan fingerprint density at radius 1 is 1.25 bits per heavy atom. The number of aliphatic carboxylic acids is 1. The van der Waals surface area contributed by atoms with Crippen LogP contribution in [0.1, 0.15) is 25.3 Å². The van der Waals surface area contributed by atoms with E-state index in [-0.39, 0.29) is 12.5 Å². The third kappa shape index (κ3) is 5.38. The van der Waals surface area contributed by atoms with Gasteiger partial charge >= 0.3 is 5.97 Å². The van der Waals surface area contributed by atoms with E-state index in [9.17, 15) is 13.2 Å². The summed E-state index contributed by atoms with van der Waals surface area (Å²) in [6.07, 6.45) is 2.19. The van der Waals surface area contributed by atoms with Gasteiger partial charge in [0.15, 0.2) is 0 Å². The number of nitrogens with zero attached hydrogens (tertiary/aromatic N) is 1. The van der Waals surface area contributed by atoms with Crippen molar-refractivity contribution in [2.75, 3.05) is 26.0 Å². The number of carbonyl (C=O) groups is 1. The lowest BCUT2D eigenvalue weighted by molar-refractivity contribution is -0.136. The Morgan fingerprint density at radius 2 is 1.88 bits per heavy atom. The minimum Gasteiger partial charge on any atom is -0.494 e. The zero-order valence-corrected chi connectivity index (χ0v) is 14.7. The summed E-state index contributed by atoms with van der Waals surface area (Å²) in [4.78, 5) is 10.9. The molecule has 1 aliphatic heterocycles. The highest BCUT2D eigenvalue weighted by Crippen LogP contribution is 2.26. The Morgan fingerprint density at radius 3 is 2.42 bits per heavy atom. The van der Waals surface area contributed by atoms with Gasteiger partial charge in [0.2, 0.25) is 10.0 Å². The lowest BCUT2D eigenvalue weighted by Crippen LogP contribution is -2.41. The lowest BCUT2D eigenvalue weighted by atomic mass is 10.1. The van der Waals surface area contributed by atoms with E-state index in [0.29, 0.717) is 49.6 Å². The molecule has 0 spiro atoms. The van der Waals surface area contributed by atoms with Gasteiger partial charge in [-0.25, -0.2) is 12.7 Å². The molecule has 134 valence electrons. The van der Waals surface area contributed by atoms with Crippen molar-refractivity contribution in [3.63, 3.8) is 0 Å². The van der Waals surface area contributed by atoms with Crippen molar-refractivity contribution in [3.05, 3.63) is 23.8 Å². The van der Waals surface area contributed by atoms with Crippen LogP contribution in [0, 0.1) is 0 Å². The molecule has 0 saturated carbocycles. The van der Waals surface area contributed by atoms with Crippen LogP contribution in [0.4, 0.5) is 0 Å². The number of carboxylic acid groups (broad SMARTS) is 1. The zero-order chi connectivity index (χ0) is 17.7. The molecule has 1 aliphatic rings. The van der Waals surface area contributed by atoms with E-state index < -0.39 is 16.0 Å². The van der Waals surface area contributed by atoms with Gasteiger partial charge in [0.05, 0.1) is 19.3 Å². The molecule has 0 radical (unpaired) electrons. The van der Waals surface area contributed by atoms with Crippen LogP contribution in [0.15, 0.2) is 18.2 Å². The zero-order valence-electron chi connectivity index (χ0n) is 13.9. The molecular weight excluding hydrogens is 334 g/mol. The van der Waals surface area contributed by atoms with Crippen LogP contribution in [-0.2, 0) is 21.2 Å². The van der Waals surface area contributed by atoms with Crippen LogP contribution >= 0.6 is 0 Å². The molecule has 7 nitrogen and oxygen atoms in total. The summed E-state index contributed by atoms with van der Waals surface area (Å²) in [6.45, 7) is 3.18. The molecular formula is C16H23NO6S. The molecule has 0 bridgehead atoms. The first-order chi connectivity index (χ1) is 11.3. The van der Waals surface area contributed by atoms with Gasteiger partial charge in [0.25, 0.3) is 0 Å². The molecule has 1 aromatic carbocycles. The SMILES string of the molecule is CCOc1cc(CC(=O)O)cc(OC2CCN(S(C)(=O)=O)CC2)c1. The third-order valence-electron chi connectivity index (χ3n) is 3.78. The highest BCUT2D eigenvalue weighted by atomic mass is 32.2. The minimum absolute atomic E-state index is 0.0995. The van der Waals surface area contributed by atoms with E-state index in [2.05, 4.69) is 0 Å². The first kappa shape index (κ1) is 18.5. The van der Waals surface area contributed by atoms with Crippen molar-refractivity contribution in [2.24, 2.45) is 0 Å². The minimum atomic E-state index is -3.16. The van der Waals surface area contributed by atoms with E-state index in [0.717, 1.165) is 0 Å². The summed E-state index contributed by atoms with van der Waals surface area (Å²) in [5.74, 6) is 0.200. The first-order valence-electron chi connectivity index (χ1n) is 7.88. The van der Waals surface area contributed by atoms with Crippen LogP contribution in [0.25, 0.3) is 0 Å². The molecule has 0 aliphatic carbocycles. The van der Waals surface area contributed by atoms with Gasteiger partial charge in [0.1, 0.15) is 17.6 Å². The van der Waals surface area contributed by atoms with E-state index in [1.165, 1.54) is 10.6 Å². The van der Waals surface area contributed by atoms with Gasteiger partial charge < -0.3 is 14.6 Å². The molecule has 0 unspecified atom stereocenters. The molecule has 1 heterocycles. The van der Waals surface area contributed by atoms with Crippen LogP contribution in [0.2, 0.25) is 0 Å². The van der Waals surface area contributed by atoms with Crippen LogP contribution in [0.5, 0.6) is 11.5 Å². The van der Waals surface area contributed by atoms with Crippen molar-refractivity contribution >= 4 is 16.0 Å². The Kier molecular flexibility index (Phi) is 6.06. The topological polar surface area (TPSA) is 93.1 Å². The molecule has 0 atom stereocenters. The predicted octanol–water partition coefficient (Wildman–Crippen LogP) is 1.52. The van der Waals surface area contributed by atoms with Gasteiger partial charge in [-0.1, -0.05) is 0 Å². The number of rotatable bonds is 7. The van der Waals surface area contributed by atoms with Gasteiger partial charge in [-0.2, -0.15) is 0 Å². The normalized spacial score (nSPS) is 16.8. The second-order valence-corrected chi connectivity index (χ2v) is 7.78. The second kappa shape index (κ2) is 7.85. The van der Waals surface area contributed by atoms with E-state index in [4.69, 9.17) is 14.6 Å². The molecule has 8 heteroatoms. The number of carboxylic acids is 1.